The molecule has 6 heteroatoms. The second kappa shape index (κ2) is 5.60. The number of hydrazine groups is 1. The Morgan fingerprint density at radius 1 is 1.40 bits per heavy atom. The van der Waals surface area contributed by atoms with Crippen molar-refractivity contribution < 1.29 is 4.79 Å². The molecule has 1 amide bonds. The van der Waals surface area contributed by atoms with Gasteiger partial charge in [-0.15, -0.1) is 11.3 Å². The zero-order valence-corrected chi connectivity index (χ0v) is 11.7. The highest BCUT2D eigenvalue weighted by molar-refractivity contribution is 7.10. The molecule has 2 heterocycles. The molecule has 2 aromatic rings. The predicted molar refractivity (Wildman–Crippen MR) is 79.5 cm³/mol. The molecular formula is C14H16N4OS. The van der Waals surface area contributed by atoms with Crippen molar-refractivity contribution in [3.05, 3.63) is 45.8 Å². The van der Waals surface area contributed by atoms with Gasteiger partial charge in [0.05, 0.1) is 11.6 Å². The van der Waals surface area contributed by atoms with Crippen LogP contribution in [0.2, 0.25) is 0 Å². The van der Waals surface area contributed by atoms with Gasteiger partial charge in [0.1, 0.15) is 5.82 Å². The first-order valence-electron chi connectivity index (χ1n) is 6.57. The van der Waals surface area contributed by atoms with Crippen LogP contribution in [-0.2, 0) is 6.42 Å². The zero-order valence-electron chi connectivity index (χ0n) is 10.9. The molecule has 2 aromatic heterocycles. The largest absolute Gasteiger partial charge is 0.345 e. The molecular weight excluding hydrogens is 272 g/mol. The summed E-state index contributed by atoms with van der Waals surface area (Å²) in [6.07, 6.45) is 4.76. The van der Waals surface area contributed by atoms with Crippen molar-refractivity contribution in [3.63, 3.8) is 0 Å². The molecule has 1 atom stereocenters. The molecule has 0 fully saturated rings. The zero-order chi connectivity index (χ0) is 13.9. The minimum atomic E-state index is -0.0925. The molecule has 5 nitrogen and oxygen atoms in total. The molecule has 20 heavy (non-hydrogen) atoms. The molecule has 3 rings (SSSR count). The highest BCUT2D eigenvalue weighted by atomic mass is 32.1. The van der Waals surface area contributed by atoms with Crippen molar-refractivity contribution in [1.82, 2.24) is 10.3 Å². The van der Waals surface area contributed by atoms with Gasteiger partial charge in [-0.1, -0.05) is 0 Å². The van der Waals surface area contributed by atoms with E-state index < -0.39 is 0 Å². The number of anilines is 1. The Labute approximate surface area is 121 Å². The number of aryl methyl sites for hydroxylation is 1. The number of amides is 1. The number of fused-ring (bicyclic) bond motifs is 1. The number of nitrogen functional groups attached to an aromatic ring is 1. The van der Waals surface area contributed by atoms with Crippen LogP contribution in [0.4, 0.5) is 5.82 Å². The summed E-state index contributed by atoms with van der Waals surface area (Å²) in [6.45, 7) is 0. The number of nitrogens with one attached hydrogen (secondary N) is 2. The van der Waals surface area contributed by atoms with Gasteiger partial charge in [0, 0.05) is 11.1 Å². The Balaban J connectivity index is 1.73. The van der Waals surface area contributed by atoms with Crippen LogP contribution >= 0.6 is 11.3 Å². The number of aromatic nitrogens is 1. The minimum absolute atomic E-state index is 0.0925. The van der Waals surface area contributed by atoms with Gasteiger partial charge >= 0.3 is 0 Å². The third kappa shape index (κ3) is 2.52. The van der Waals surface area contributed by atoms with Gasteiger partial charge in [-0.2, -0.15) is 0 Å². The van der Waals surface area contributed by atoms with Gasteiger partial charge in [0.25, 0.3) is 5.91 Å². The third-order valence-corrected chi connectivity index (χ3v) is 4.53. The summed E-state index contributed by atoms with van der Waals surface area (Å²) in [6, 6.07) is 5.63. The number of nitrogens with zero attached hydrogens (tertiary/aromatic N) is 1. The molecule has 0 saturated carbocycles. The molecule has 0 spiro atoms. The van der Waals surface area contributed by atoms with E-state index in [2.05, 4.69) is 27.2 Å². The molecule has 0 saturated heterocycles. The normalized spacial score (nSPS) is 17.4. The topological polar surface area (TPSA) is 80.0 Å². The Morgan fingerprint density at radius 2 is 2.30 bits per heavy atom. The first-order valence-corrected chi connectivity index (χ1v) is 7.45. The molecule has 0 aromatic carbocycles. The van der Waals surface area contributed by atoms with Crippen LogP contribution in [0.25, 0.3) is 0 Å². The highest BCUT2D eigenvalue weighted by Gasteiger charge is 2.23. The van der Waals surface area contributed by atoms with Crippen LogP contribution in [0.15, 0.2) is 29.8 Å². The van der Waals surface area contributed by atoms with Crippen molar-refractivity contribution in [2.75, 3.05) is 5.43 Å². The van der Waals surface area contributed by atoms with Crippen molar-refractivity contribution in [2.45, 2.75) is 25.3 Å². The number of hydrogen-bond donors (Lipinski definition) is 3. The van der Waals surface area contributed by atoms with Crippen LogP contribution in [0.1, 0.15) is 39.7 Å². The number of carbonyl (C=O) groups is 1. The first kappa shape index (κ1) is 13.1. The monoisotopic (exact) mass is 288 g/mol. The van der Waals surface area contributed by atoms with Crippen LogP contribution in [0, 0.1) is 0 Å². The van der Waals surface area contributed by atoms with E-state index in [4.69, 9.17) is 5.84 Å². The van der Waals surface area contributed by atoms with Crippen molar-refractivity contribution in [3.8, 4) is 0 Å². The second-order valence-electron chi connectivity index (χ2n) is 4.79. The lowest BCUT2D eigenvalue weighted by Crippen LogP contribution is -2.30. The van der Waals surface area contributed by atoms with Gasteiger partial charge in [-0.25, -0.2) is 10.8 Å². The Hall–Kier alpha value is -1.92. The molecule has 4 N–H and O–H groups in total. The average Bonchev–Trinajstić information content (AvgIpc) is 2.97. The Bertz CT molecular complexity index is 608. The van der Waals surface area contributed by atoms with Gasteiger partial charge < -0.3 is 10.7 Å². The summed E-state index contributed by atoms with van der Waals surface area (Å²) in [5, 5.41) is 5.19. The fraction of sp³-hybridized carbons (Fsp3) is 0.286. The number of hydrogen-bond acceptors (Lipinski definition) is 5. The van der Waals surface area contributed by atoms with E-state index in [0.29, 0.717) is 11.4 Å². The Kier molecular flexibility index (Phi) is 3.66. The summed E-state index contributed by atoms with van der Waals surface area (Å²) in [4.78, 5) is 17.7. The summed E-state index contributed by atoms with van der Waals surface area (Å²) < 4.78 is 0. The predicted octanol–water partition coefficient (Wildman–Crippen LogP) is 2.24. The first-order chi connectivity index (χ1) is 9.78. The third-order valence-electron chi connectivity index (χ3n) is 3.53. The van der Waals surface area contributed by atoms with Crippen molar-refractivity contribution in [2.24, 2.45) is 5.84 Å². The molecule has 104 valence electrons. The second-order valence-corrected chi connectivity index (χ2v) is 5.79. The Morgan fingerprint density at radius 3 is 3.05 bits per heavy atom. The van der Waals surface area contributed by atoms with Crippen molar-refractivity contribution >= 4 is 23.1 Å². The van der Waals surface area contributed by atoms with E-state index in [0.717, 1.165) is 19.3 Å². The van der Waals surface area contributed by atoms with E-state index in [-0.39, 0.29) is 11.9 Å². The van der Waals surface area contributed by atoms with Gasteiger partial charge in [-0.05, 0) is 48.4 Å². The van der Waals surface area contributed by atoms with Crippen LogP contribution in [0.5, 0.6) is 0 Å². The van der Waals surface area contributed by atoms with Gasteiger partial charge in [-0.3, -0.25) is 4.79 Å². The minimum Gasteiger partial charge on any atom is -0.345 e. The molecule has 1 aliphatic rings. The maximum Gasteiger partial charge on any atom is 0.253 e. The number of pyridine rings is 1. The lowest BCUT2D eigenvalue weighted by molar-refractivity contribution is 0.0932. The maximum absolute atomic E-state index is 12.2. The fourth-order valence-electron chi connectivity index (χ4n) is 2.49. The average molecular weight is 288 g/mol. The number of nitrogens with two attached hydrogens (primary N) is 1. The highest BCUT2D eigenvalue weighted by Crippen LogP contribution is 2.33. The summed E-state index contributed by atoms with van der Waals surface area (Å²) >= 11 is 1.77. The van der Waals surface area contributed by atoms with Crippen LogP contribution < -0.4 is 16.6 Å². The van der Waals surface area contributed by atoms with E-state index in [9.17, 15) is 4.79 Å². The fourth-order valence-corrected chi connectivity index (χ4v) is 3.48. The maximum atomic E-state index is 12.2. The summed E-state index contributed by atoms with van der Waals surface area (Å²) in [7, 11) is 0. The molecule has 1 unspecified atom stereocenters. The number of carbonyl (C=O) groups excluding carboxylic acids is 1. The van der Waals surface area contributed by atoms with Gasteiger partial charge in [0.2, 0.25) is 0 Å². The molecule has 0 bridgehead atoms. The van der Waals surface area contributed by atoms with Crippen LogP contribution in [-0.4, -0.2) is 10.9 Å². The summed E-state index contributed by atoms with van der Waals surface area (Å²) in [5.74, 6) is 5.70. The molecule has 0 radical (unpaired) electrons. The van der Waals surface area contributed by atoms with E-state index in [1.807, 2.05) is 0 Å². The molecule has 0 aliphatic heterocycles. The van der Waals surface area contributed by atoms with Crippen LogP contribution in [0.3, 0.4) is 0 Å². The quantitative estimate of drug-likeness (QED) is 0.597. The van der Waals surface area contributed by atoms with Crippen molar-refractivity contribution in [1.29, 1.82) is 0 Å². The summed E-state index contributed by atoms with van der Waals surface area (Å²) in [5.41, 5.74) is 4.26. The van der Waals surface area contributed by atoms with E-state index in [1.165, 1.54) is 16.6 Å². The van der Waals surface area contributed by atoms with E-state index >= 15 is 0 Å². The van der Waals surface area contributed by atoms with Gasteiger partial charge in [0.15, 0.2) is 0 Å². The molecule has 1 aliphatic carbocycles. The lowest BCUT2D eigenvalue weighted by atomic mass is 9.94. The number of rotatable bonds is 3. The standard InChI is InChI=1S/C14H16N4OS/c15-18-13-5-4-9(8-16-13)14(19)17-11-2-1-3-12-10(11)6-7-20-12/h4-8,11H,1-3,15H2,(H,16,18)(H,17,19). The number of thiophene rings is 1. The van der Waals surface area contributed by atoms with E-state index in [1.54, 1.807) is 23.5 Å². The SMILES string of the molecule is NNc1ccc(C(=O)NC2CCCc3sccc32)cn1. The smallest absolute Gasteiger partial charge is 0.253 e. The lowest BCUT2D eigenvalue weighted by Gasteiger charge is -2.23.